The minimum absolute atomic E-state index is 0.114. The van der Waals surface area contributed by atoms with Crippen molar-refractivity contribution in [2.24, 2.45) is 0 Å². The van der Waals surface area contributed by atoms with Gasteiger partial charge in [0, 0.05) is 17.7 Å². The van der Waals surface area contributed by atoms with Gasteiger partial charge in [-0.15, -0.1) is 0 Å². The van der Waals surface area contributed by atoms with Gasteiger partial charge < -0.3 is 20.1 Å². The van der Waals surface area contributed by atoms with Crippen molar-refractivity contribution in [1.82, 2.24) is 0 Å². The average molecular weight is 455 g/mol. The number of ketones is 1. The average Bonchev–Trinajstić information content (AvgIpc) is 3.01. The highest BCUT2D eigenvalue weighted by molar-refractivity contribution is 6.01. The van der Waals surface area contributed by atoms with E-state index < -0.39 is 0 Å². The quantitative estimate of drug-likeness (QED) is 0.463. The monoisotopic (exact) mass is 454 g/mol. The first-order chi connectivity index (χ1) is 16.5. The summed E-state index contributed by atoms with van der Waals surface area (Å²) in [6.07, 6.45) is 1.37. The number of Topliss-reactive ketones (excluding diaryl/α,β-unsaturated/α-hetero) is 1. The molecule has 1 aliphatic carbocycles. The Bertz CT molecular complexity index is 1230. The molecule has 0 spiro atoms. The molecule has 0 fully saturated rings. The van der Waals surface area contributed by atoms with Gasteiger partial charge in [0.1, 0.15) is 11.5 Å². The van der Waals surface area contributed by atoms with E-state index in [1.807, 2.05) is 74.5 Å². The predicted molar refractivity (Wildman–Crippen MR) is 136 cm³/mol. The lowest BCUT2D eigenvalue weighted by atomic mass is 9.78. The Morgan fingerprint density at radius 3 is 2.35 bits per heavy atom. The number of methoxy groups -OCH3 is 1. The van der Waals surface area contributed by atoms with Crippen LogP contribution in [0, 0.1) is 0 Å². The summed E-state index contributed by atoms with van der Waals surface area (Å²) in [5, 5.41) is 7.22. The van der Waals surface area contributed by atoms with E-state index in [-0.39, 0.29) is 23.8 Å². The van der Waals surface area contributed by atoms with Crippen LogP contribution in [0.5, 0.6) is 11.5 Å². The van der Waals surface area contributed by atoms with Gasteiger partial charge in [0.2, 0.25) is 0 Å². The lowest BCUT2D eigenvalue weighted by molar-refractivity contribution is -0.116. The number of fused-ring (bicyclic) bond motifs is 1. The van der Waals surface area contributed by atoms with Gasteiger partial charge in [-0.25, -0.2) is 0 Å². The third-order valence-corrected chi connectivity index (χ3v) is 6.46. The molecule has 2 unspecified atom stereocenters. The van der Waals surface area contributed by atoms with E-state index in [0.717, 1.165) is 51.7 Å². The summed E-state index contributed by atoms with van der Waals surface area (Å²) < 4.78 is 11.3. The Kier molecular flexibility index (Phi) is 6.01. The van der Waals surface area contributed by atoms with E-state index in [4.69, 9.17) is 9.47 Å². The highest BCUT2D eigenvalue weighted by atomic mass is 16.5. The number of hydrogen-bond acceptors (Lipinski definition) is 5. The van der Waals surface area contributed by atoms with Crippen molar-refractivity contribution in [3.05, 3.63) is 95.2 Å². The number of carbonyl (C=O) groups is 1. The van der Waals surface area contributed by atoms with Crippen molar-refractivity contribution in [2.45, 2.75) is 44.8 Å². The second-order valence-corrected chi connectivity index (χ2v) is 9.18. The molecule has 0 bridgehead atoms. The van der Waals surface area contributed by atoms with Crippen molar-refractivity contribution in [1.29, 1.82) is 0 Å². The zero-order valence-corrected chi connectivity index (χ0v) is 19.8. The Morgan fingerprint density at radius 2 is 1.62 bits per heavy atom. The number of allylic oxidation sites excluding steroid dienone is 1. The number of hydrogen-bond donors (Lipinski definition) is 2. The molecular weight excluding hydrogens is 424 g/mol. The Balaban J connectivity index is 1.53. The summed E-state index contributed by atoms with van der Waals surface area (Å²) in [5.74, 6) is 1.90. The van der Waals surface area contributed by atoms with Crippen molar-refractivity contribution in [3.8, 4) is 11.5 Å². The van der Waals surface area contributed by atoms with Crippen LogP contribution >= 0.6 is 0 Å². The van der Waals surface area contributed by atoms with Gasteiger partial charge in [-0.1, -0.05) is 36.4 Å². The molecule has 5 rings (SSSR count). The molecule has 2 atom stereocenters. The molecule has 2 N–H and O–H groups in total. The van der Waals surface area contributed by atoms with E-state index in [0.29, 0.717) is 6.42 Å². The summed E-state index contributed by atoms with van der Waals surface area (Å²) in [6, 6.07) is 24.0. The molecule has 2 aliphatic rings. The number of rotatable bonds is 5. The molecule has 1 heterocycles. The van der Waals surface area contributed by atoms with Crippen LogP contribution in [0.15, 0.2) is 84.1 Å². The van der Waals surface area contributed by atoms with E-state index >= 15 is 0 Å². The first-order valence-electron chi connectivity index (χ1n) is 11.8. The number of carbonyl (C=O) groups excluding carboxylic acids is 1. The van der Waals surface area contributed by atoms with Crippen molar-refractivity contribution in [3.63, 3.8) is 0 Å². The molecule has 0 saturated heterocycles. The molecular formula is C29H30N2O3. The minimum Gasteiger partial charge on any atom is -0.497 e. The predicted octanol–water partition coefficient (Wildman–Crippen LogP) is 6.46. The lowest BCUT2D eigenvalue weighted by Crippen LogP contribution is -2.26. The Hall–Kier alpha value is -3.73. The molecule has 5 heteroatoms. The van der Waals surface area contributed by atoms with Gasteiger partial charge in [-0.3, -0.25) is 4.79 Å². The van der Waals surface area contributed by atoms with Gasteiger partial charge in [0.15, 0.2) is 5.78 Å². The molecule has 3 aromatic rings. The summed E-state index contributed by atoms with van der Waals surface area (Å²) in [7, 11) is 1.66. The van der Waals surface area contributed by atoms with E-state index in [2.05, 4.69) is 22.8 Å². The molecule has 3 aromatic carbocycles. The molecule has 0 aromatic heterocycles. The normalized spacial score (nSPS) is 19.5. The third kappa shape index (κ3) is 4.38. The molecule has 0 radical (unpaired) electrons. The number of ether oxygens (including phenoxy) is 2. The number of para-hydroxylation sites is 2. The maximum atomic E-state index is 13.7. The smallest absolute Gasteiger partial charge is 0.163 e. The number of benzene rings is 3. The van der Waals surface area contributed by atoms with Crippen LogP contribution in [0.1, 0.15) is 49.8 Å². The Morgan fingerprint density at radius 1 is 0.853 bits per heavy atom. The second-order valence-electron chi connectivity index (χ2n) is 9.18. The van der Waals surface area contributed by atoms with Crippen molar-refractivity contribution in [2.75, 3.05) is 17.7 Å². The maximum absolute atomic E-state index is 13.7. The zero-order chi connectivity index (χ0) is 23.7. The molecule has 1 aliphatic heterocycles. The first-order valence-corrected chi connectivity index (χ1v) is 11.8. The van der Waals surface area contributed by atoms with Gasteiger partial charge in [-0.05, 0) is 73.7 Å². The van der Waals surface area contributed by atoms with Gasteiger partial charge in [0.25, 0.3) is 0 Å². The van der Waals surface area contributed by atoms with Gasteiger partial charge in [-0.2, -0.15) is 0 Å². The largest absolute Gasteiger partial charge is 0.497 e. The van der Waals surface area contributed by atoms with Crippen LogP contribution in [0.25, 0.3) is 0 Å². The van der Waals surface area contributed by atoms with Crippen LogP contribution in [0.3, 0.4) is 0 Å². The SMILES string of the molecule is COc1cccc(C2Nc3ccccc3NC3=C2C(=O)CC(c2ccc(OC(C)C)cc2)C3)c1. The number of nitrogens with one attached hydrogen (secondary N) is 2. The van der Waals surface area contributed by atoms with Crippen molar-refractivity contribution >= 4 is 17.2 Å². The Labute approximate surface area is 200 Å². The first kappa shape index (κ1) is 22.1. The molecule has 0 amide bonds. The van der Waals surface area contributed by atoms with Crippen LogP contribution in [-0.4, -0.2) is 19.0 Å². The molecule has 0 saturated carbocycles. The van der Waals surface area contributed by atoms with Crippen LogP contribution in [-0.2, 0) is 4.79 Å². The van der Waals surface area contributed by atoms with Crippen molar-refractivity contribution < 1.29 is 14.3 Å². The van der Waals surface area contributed by atoms with E-state index in [1.54, 1.807) is 7.11 Å². The standard InChI is InChI=1S/C29H30N2O3/c1-18(2)34-22-13-11-19(12-14-22)21-16-26-28(27(32)17-21)29(20-7-6-8-23(15-20)33-3)31-25-10-5-4-9-24(25)30-26/h4-15,18,21,29-31H,16-17H2,1-3H3. The van der Waals surface area contributed by atoms with E-state index in [1.165, 1.54) is 0 Å². The molecule has 34 heavy (non-hydrogen) atoms. The van der Waals surface area contributed by atoms with Crippen LogP contribution in [0.4, 0.5) is 11.4 Å². The fraction of sp³-hybridized carbons (Fsp3) is 0.276. The summed E-state index contributed by atoms with van der Waals surface area (Å²) >= 11 is 0. The molecule has 174 valence electrons. The summed E-state index contributed by atoms with van der Waals surface area (Å²) in [5.41, 5.74) is 5.90. The second kappa shape index (κ2) is 9.26. The molecule has 5 nitrogen and oxygen atoms in total. The highest BCUT2D eigenvalue weighted by Gasteiger charge is 2.36. The zero-order valence-electron chi connectivity index (χ0n) is 19.8. The van der Waals surface area contributed by atoms with Crippen LogP contribution in [0.2, 0.25) is 0 Å². The van der Waals surface area contributed by atoms with E-state index in [9.17, 15) is 4.79 Å². The fourth-order valence-electron chi connectivity index (χ4n) is 4.89. The van der Waals surface area contributed by atoms with Gasteiger partial charge >= 0.3 is 0 Å². The maximum Gasteiger partial charge on any atom is 0.163 e. The lowest BCUT2D eigenvalue weighted by Gasteiger charge is -2.30. The van der Waals surface area contributed by atoms with Crippen LogP contribution < -0.4 is 20.1 Å². The summed E-state index contributed by atoms with van der Waals surface area (Å²) in [4.78, 5) is 13.7. The topological polar surface area (TPSA) is 59.6 Å². The van der Waals surface area contributed by atoms with Gasteiger partial charge in [0.05, 0.1) is 30.6 Å². The third-order valence-electron chi connectivity index (χ3n) is 6.46. The summed E-state index contributed by atoms with van der Waals surface area (Å²) in [6.45, 7) is 4.04. The number of anilines is 2. The fourth-order valence-corrected chi connectivity index (χ4v) is 4.89. The highest BCUT2D eigenvalue weighted by Crippen LogP contribution is 2.44. The minimum atomic E-state index is -0.253.